The summed E-state index contributed by atoms with van der Waals surface area (Å²) in [6, 6.07) is 27.3. The third-order valence-corrected chi connectivity index (χ3v) is 11.4. The van der Waals surface area contributed by atoms with Gasteiger partial charge in [0.1, 0.15) is 6.04 Å². The SMILES string of the molecule is Cc1ccc(CS(=O)(=O)N(Cc2ccccc2)N(C)C(=O)[C@@H]2C[C@@H](S)CN2S(=O)(=O)c2ccc3ccccc3c2)cc1. The van der Waals surface area contributed by atoms with Gasteiger partial charge < -0.3 is 0 Å². The normalized spacial score (nSPS) is 18.0. The number of amides is 1. The maximum Gasteiger partial charge on any atom is 0.255 e. The number of carbonyl (C=O) groups is 1. The molecule has 1 saturated heterocycles. The van der Waals surface area contributed by atoms with Crippen LogP contribution in [0.3, 0.4) is 0 Å². The van der Waals surface area contributed by atoms with Crippen molar-refractivity contribution in [1.29, 1.82) is 0 Å². The molecule has 220 valence electrons. The monoisotopic (exact) mass is 623 g/mol. The van der Waals surface area contributed by atoms with Crippen LogP contribution >= 0.6 is 12.6 Å². The number of rotatable bonds is 9. The van der Waals surface area contributed by atoms with Crippen molar-refractivity contribution in [3.05, 3.63) is 114 Å². The van der Waals surface area contributed by atoms with Gasteiger partial charge >= 0.3 is 0 Å². The Morgan fingerprint density at radius 1 is 0.857 bits per heavy atom. The van der Waals surface area contributed by atoms with Gasteiger partial charge in [0, 0.05) is 18.8 Å². The molecule has 5 rings (SSSR count). The van der Waals surface area contributed by atoms with Gasteiger partial charge in [0.25, 0.3) is 5.91 Å². The molecular formula is C31H33N3O5S3. The Morgan fingerprint density at radius 3 is 2.19 bits per heavy atom. The van der Waals surface area contributed by atoms with Crippen molar-refractivity contribution in [2.45, 2.75) is 41.8 Å². The fraction of sp³-hybridized carbons (Fsp3) is 0.258. The van der Waals surface area contributed by atoms with Crippen molar-refractivity contribution in [2.75, 3.05) is 13.6 Å². The number of benzene rings is 4. The molecule has 0 aliphatic carbocycles. The number of fused-ring (bicyclic) bond motifs is 1. The number of likely N-dealkylation sites (N-methyl/N-ethyl adjacent to an activating group) is 1. The number of thiol groups is 1. The molecule has 0 spiro atoms. The van der Waals surface area contributed by atoms with Gasteiger partial charge in [-0.25, -0.2) is 16.8 Å². The number of hydrogen-bond donors (Lipinski definition) is 1. The van der Waals surface area contributed by atoms with Crippen molar-refractivity contribution in [3.8, 4) is 0 Å². The summed E-state index contributed by atoms with van der Waals surface area (Å²) in [6.07, 6.45) is 0.149. The van der Waals surface area contributed by atoms with Crippen LogP contribution in [0.5, 0.6) is 0 Å². The van der Waals surface area contributed by atoms with Crippen LogP contribution in [0.2, 0.25) is 0 Å². The molecule has 0 radical (unpaired) electrons. The summed E-state index contributed by atoms with van der Waals surface area (Å²) >= 11 is 4.53. The molecular weight excluding hydrogens is 591 g/mol. The van der Waals surface area contributed by atoms with Crippen molar-refractivity contribution >= 4 is 49.4 Å². The first-order valence-corrected chi connectivity index (χ1v) is 17.1. The summed E-state index contributed by atoms with van der Waals surface area (Å²) in [6.45, 7) is 1.85. The second kappa shape index (κ2) is 12.2. The minimum Gasteiger partial charge on any atom is -0.272 e. The van der Waals surface area contributed by atoms with Crippen LogP contribution in [0.15, 0.2) is 102 Å². The predicted molar refractivity (Wildman–Crippen MR) is 168 cm³/mol. The summed E-state index contributed by atoms with van der Waals surface area (Å²) in [7, 11) is -6.77. The Hall–Kier alpha value is -3.22. The molecule has 4 aromatic rings. The van der Waals surface area contributed by atoms with E-state index in [0.717, 1.165) is 30.1 Å². The maximum absolute atomic E-state index is 14.0. The highest BCUT2D eigenvalue weighted by Crippen LogP contribution is 2.32. The van der Waals surface area contributed by atoms with Crippen LogP contribution in [0, 0.1) is 6.92 Å². The molecule has 11 heteroatoms. The fourth-order valence-electron chi connectivity index (χ4n) is 5.16. The molecule has 0 bridgehead atoms. The molecule has 1 heterocycles. The van der Waals surface area contributed by atoms with E-state index in [2.05, 4.69) is 12.6 Å². The highest BCUT2D eigenvalue weighted by Gasteiger charge is 2.45. The minimum absolute atomic E-state index is 0.0251. The molecule has 42 heavy (non-hydrogen) atoms. The zero-order valence-electron chi connectivity index (χ0n) is 23.4. The van der Waals surface area contributed by atoms with Crippen LogP contribution in [-0.4, -0.2) is 61.4 Å². The van der Waals surface area contributed by atoms with Gasteiger partial charge in [-0.15, -0.1) is 4.41 Å². The van der Waals surface area contributed by atoms with E-state index in [4.69, 9.17) is 0 Å². The van der Waals surface area contributed by atoms with Crippen LogP contribution < -0.4 is 0 Å². The van der Waals surface area contributed by atoms with E-state index in [1.807, 2.05) is 49.4 Å². The lowest BCUT2D eigenvalue weighted by molar-refractivity contribution is -0.143. The van der Waals surface area contributed by atoms with E-state index in [0.29, 0.717) is 11.1 Å². The minimum atomic E-state index is -4.09. The molecule has 1 aliphatic heterocycles. The molecule has 0 saturated carbocycles. The second-order valence-corrected chi connectivity index (χ2v) is 15.1. The number of sulfonamides is 2. The Labute approximate surface area is 253 Å². The quantitative estimate of drug-likeness (QED) is 0.217. The molecule has 1 aliphatic rings. The van der Waals surface area contributed by atoms with Gasteiger partial charge in [0.05, 0.1) is 17.2 Å². The third-order valence-electron chi connectivity index (χ3n) is 7.45. The Morgan fingerprint density at radius 2 is 1.50 bits per heavy atom. The average Bonchev–Trinajstić information content (AvgIpc) is 3.39. The smallest absolute Gasteiger partial charge is 0.255 e. The first kappa shape index (κ1) is 30.2. The average molecular weight is 624 g/mol. The lowest BCUT2D eigenvalue weighted by Crippen LogP contribution is -2.54. The van der Waals surface area contributed by atoms with Crippen molar-refractivity contribution < 1.29 is 21.6 Å². The molecule has 0 aromatic heterocycles. The number of hydrogen-bond acceptors (Lipinski definition) is 6. The van der Waals surface area contributed by atoms with E-state index in [9.17, 15) is 21.6 Å². The highest BCUT2D eigenvalue weighted by molar-refractivity contribution is 7.89. The van der Waals surface area contributed by atoms with Crippen molar-refractivity contribution in [1.82, 2.24) is 13.7 Å². The molecule has 1 amide bonds. The molecule has 0 N–H and O–H groups in total. The summed E-state index contributed by atoms with van der Waals surface area (Å²) in [5, 5.41) is 2.31. The lowest BCUT2D eigenvalue weighted by atomic mass is 10.1. The van der Waals surface area contributed by atoms with Gasteiger partial charge in [-0.1, -0.05) is 90.5 Å². The second-order valence-electron chi connectivity index (χ2n) is 10.6. The summed E-state index contributed by atoms with van der Waals surface area (Å²) in [4.78, 5) is 14.1. The number of nitrogens with zero attached hydrogens (tertiary/aromatic N) is 3. The lowest BCUT2D eigenvalue weighted by Gasteiger charge is -2.34. The van der Waals surface area contributed by atoms with E-state index < -0.39 is 37.2 Å². The van der Waals surface area contributed by atoms with Crippen LogP contribution in [-0.2, 0) is 37.1 Å². The van der Waals surface area contributed by atoms with E-state index >= 15 is 0 Å². The van der Waals surface area contributed by atoms with Crippen molar-refractivity contribution in [2.24, 2.45) is 0 Å². The number of hydrazine groups is 1. The van der Waals surface area contributed by atoms with Crippen LogP contribution in [0.4, 0.5) is 0 Å². The summed E-state index contributed by atoms with van der Waals surface area (Å²) in [5.41, 5.74) is 2.26. The topological polar surface area (TPSA) is 95.1 Å². The zero-order valence-corrected chi connectivity index (χ0v) is 25.9. The molecule has 1 fully saturated rings. The van der Waals surface area contributed by atoms with Gasteiger partial charge in [-0.05, 0) is 47.4 Å². The van der Waals surface area contributed by atoms with E-state index in [-0.39, 0.29) is 30.2 Å². The largest absolute Gasteiger partial charge is 0.272 e. The first-order valence-electron chi connectivity index (χ1n) is 13.5. The van der Waals surface area contributed by atoms with Gasteiger partial charge in [-0.2, -0.15) is 16.9 Å². The third kappa shape index (κ3) is 6.40. The molecule has 4 aromatic carbocycles. The van der Waals surface area contributed by atoms with Gasteiger partial charge in [0.2, 0.25) is 20.0 Å². The fourth-order valence-corrected chi connectivity index (χ4v) is 8.89. The number of aryl methyl sites for hydroxylation is 1. The number of carbonyl (C=O) groups excluding carboxylic acids is 1. The molecule has 8 nitrogen and oxygen atoms in total. The van der Waals surface area contributed by atoms with Gasteiger partial charge in [-0.3, -0.25) is 9.80 Å². The molecule has 0 unspecified atom stereocenters. The zero-order chi connectivity index (χ0) is 30.1. The van der Waals surface area contributed by atoms with Crippen molar-refractivity contribution in [3.63, 3.8) is 0 Å². The van der Waals surface area contributed by atoms with Crippen LogP contribution in [0.25, 0.3) is 10.8 Å². The Balaban J connectivity index is 1.47. The predicted octanol–water partition coefficient (Wildman–Crippen LogP) is 4.62. The van der Waals surface area contributed by atoms with E-state index in [1.165, 1.54) is 13.1 Å². The molecule has 2 atom stereocenters. The maximum atomic E-state index is 14.0. The summed E-state index contributed by atoms with van der Waals surface area (Å²) < 4.78 is 57.6. The Bertz CT molecular complexity index is 1800. The first-order chi connectivity index (χ1) is 20.0. The highest BCUT2D eigenvalue weighted by atomic mass is 32.2. The van der Waals surface area contributed by atoms with E-state index in [1.54, 1.807) is 48.5 Å². The Kier molecular flexibility index (Phi) is 8.77. The van der Waals surface area contributed by atoms with Gasteiger partial charge in [0.15, 0.2) is 0 Å². The van der Waals surface area contributed by atoms with Crippen LogP contribution in [0.1, 0.15) is 23.1 Å². The standard InChI is InChI=1S/C31H33N3O5S3/c1-23-12-14-25(15-13-23)22-41(36,37)34(20-24-8-4-3-5-9-24)32(2)31(35)30-19-28(40)21-33(30)42(38,39)29-17-16-26-10-6-7-11-27(26)18-29/h3-18,28,30,40H,19-22H2,1-2H3/t28-,30+/m1/s1. The summed E-state index contributed by atoms with van der Waals surface area (Å²) in [5.74, 6) is -0.962.